The summed E-state index contributed by atoms with van der Waals surface area (Å²) in [6.07, 6.45) is 8.44. The first-order valence-electron chi connectivity index (χ1n) is 5.13. The number of allylic oxidation sites excluding steroid dienone is 3. The maximum absolute atomic E-state index is 9.11. The van der Waals surface area contributed by atoms with Gasteiger partial charge < -0.3 is 14.7 Å². The maximum atomic E-state index is 9.11. The highest BCUT2D eigenvalue weighted by atomic mass is 16.5. The van der Waals surface area contributed by atoms with Crippen LogP contribution in [0.3, 0.4) is 0 Å². The Hall–Kier alpha value is -1.22. The first kappa shape index (κ1) is 11.9. The first-order valence-corrected chi connectivity index (χ1v) is 5.13. The molecule has 0 aromatic carbocycles. The molecular weight excluding hydrogens is 190 g/mol. The zero-order valence-electron chi connectivity index (χ0n) is 9.60. The topological polar surface area (TPSA) is 32.7 Å². The molecular formula is C12H19NO2. The summed E-state index contributed by atoms with van der Waals surface area (Å²) in [6, 6.07) is 0. The lowest BCUT2D eigenvalue weighted by Crippen LogP contribution is -2.19. The zero-order chi connectivity index (χ0) is 11.3. The minimum atomic E-state index is -0.283. The van der Waals surface area contributed by atoms with Gasteiger partial charge in [-0.15, -0.1) is 0 Å². The fraction of sp³-hybridized carbons (Fsp3) is 0.500. The van der Waals surface area contributed by atoms with E-state index in [1.165, 1.54) is 0 Å². The lowest BCUT2D eigenvalue weighted by atomic mass is 10.1. The van der Waals surface area contributed by atoms with Crippen LogP contribution in [0.2, 0.25) is 0 Å². The van der Waals surface area contributed by atoms with Gasteiger partial charge in [0.1, 0.15) is 5.76 Å². The first-order chi connectivity index (χ1) is 7.11. The van der Waals surface area contributed by atoms with Crippen LogP contribution in [-0.4, -0.2) is 36.8 Å². The number of aliphatic hydroxyl groups is 1. The Labute approximate surface area is 91.3 Å². The highest BCUT2D eigenvalue weighted by Gasteiger charge is 2.06. The van der Waals surface area contributed by atoms with Crippen LogP contribution >= 0.6 is 0 Å². The van der Waals surface area contributed by atoms with E-state index in [1.807, 2.05) is 25.3 Å². The van der Waals surface area contributed by atoms with Crippen molar-refractivity contribution in [3.8, 4) is 0 Å². The number of likely N-dealkylation sites (N-methyl/N-ethyl adjacent to an activating group) is 1. The monoisotopic (exact) mass is 209 g/mol. The Morgan fingerprint density at radius 2 is 2.40 bits per heavy atom. The van der Waals surface area contributed by atoms with E-state index in [0.717, 1.165) is 17.9 Å². The normalized spacial score (nSPS) is 18.8. The molecule has 1 heterocycles. The van der Waals surface area contributed by atoms with Crippen LogP contribution in [0.5, 0.6) is 0 Å². The maximum Gasteiger partial charge on any atom is 0.115 e. The summed E-state index contributed by atoms with van der Waals surface area (Å²) in [5.74, 6) is 0.955. The Kier molecular flexibility index (Phi) is 4.43. The molecule has 0 aromatic rings. The number of ether oxygens (including phenoxy) is 1. The van der Waals surface area contributed by atoms with Crippen molar-refractivity contribution < 1.29 is 9.84 Å². The lowest BCUT2D eigenvalue weighted by molar-refractivity contribution is 0.198. The molecule has 0 aromatic heterocycles. The van der Waals surface area contributed by atoms with Crippen molar-refractivity contribution in [2.24, 2.45) is 0 Å². The molecule has 1 aliphatic rings. The van der Waals surface area contributed by atoms with Crippen LogP contribution < -0.4 is 0 Å². The van der Waals surface area contributed by atoms with Gasteiger partial charge in [0.15, 0.2) is 0 Å². The van der Waals surface area contributed by atoms with Gasteiger partial charge in [-0.3, -0.25) is 0 Å². The van der Waals surface area contributed by atoms with Gasteiger partial charge >= 0.3 is 0 Å². The summed E-state index contributed by atoms with van der Waals surface area (Å²) in [5, 5.41) is 9.11. The molecule has 1 N–H and O–H groups in total. The molecule has 1 atom stereocenters. The molecule has 0 fully saturated rings. The molecule has 1 rings (SSSR count). The minimum absolute atomic E-state index is 0.283. The van der Waals surface area contributed by atoms with Crippen LogP contribution in [0, 0.1) is 0 Å². The van der Waals surface area contributed by atoms with Gasteiger partial charge in [-0.25, -0.2) is 0 Å². The zero-order valence-corrected chi connectivity index (χ0v) is 9.60. The molecule has 0 bridgehead atoms. The van der Waals surface area contributed by atoms with E-state index in [4.69, 9.17) is 9.84 Å². The number of rotatable bonds is 4. The molecule has 3 nitrogen and oxygen atoms in total. The Morgan fingerprint density at radius 1 is 1.67 bits per heavy atom. The van der Waals surface area contributed by atoms with Gasteiger partial charge in [0.05, 0.1) is 19.8 Å². The summed E-state index contributed by atoms with van der Waals surface area (Å²) in [4.78, 5) is 2.07. The average Bonchev–Trinajstić information content (AvgIpc) is 2.16. The summed E-state index contributed by atoms with van der Waals surface area (Å²) < 4.78 is 5.21. The molecule has 1 aliphatic heterocycles. The molecule has 0 radical (unpaired) electrons. The quantitative estimate of drug-likeness (QED) is 0.764. The summed E-state index contributed by atoms with van der Waals surface area (Å²) in [5.41, 5.74) is 1.10. The van der Waals surface area contributed by atoms with Crippen LogP contribution in [0.4, 0.5) is 0 Å². The Balaban J connectivity index is 2.60. The van der Waals surface area contributed by atoms with E-state index in [9.17, 15) is 0 Å². The van der Waals surface area contributed by atoms with Crippen molar-refractivity contribution in [2.75, 3.05) is 20.7 Å². The number of methoxy groups -OCH3 is 1. The molecule has 15 heavy (non-hydrogen) atoms. The molecule has 84 valence electrons. The summed E-state index contributed by atoms with van der Waals surface area (Å²) in [6.45, 7) is 2.59. The second-order valence-corrected chi connectivity index (χ2v) is 3.85. The van der Waals surface area contributed by atoms with Crippen LogP contribution in [0.25, 0.3) is 0 Å². The average molecular weight is 209 g/mol. The van der Waals surface area contributed by atoms with E-state index in [2.05, 4.69) is 11.1 Å². The van der Waals surface area contributed by atoms with Gasteiger partial charge in [-0.1, -0.05) is 12.2 Å². The SMILES string of the molecule is COC1=CC(C=CCC(C)O)=CN(C)C1. The van der Waals surface area contributed by atoms with E-state index in [0.29, 0.717) is 6.42 Å². The number of hydrogen-bond donors (Lipinski definition) is 1. The molecule has 0 aliphatic carbocycles. The van der Waals surface area contributed by atoms with Crippen molar-refractivity contribution in [3.05, 3.63) is 35.8 Å². The number of aliphatic hydroxyl groups excluding tert-OH is 1. The fourth-order valence-electron chi connectivity index (χ4n) is 1.43. The van der Waals surface area contributed by atoms with Gasteiger partial charge in [0.2, 0.25) is 0 Å². The predicted molar refractivity (Wildman–Crippen MR) is 61.2 cm³/mol. The van der Waals surface area contributed by atoms with Crippen molar-refractivity contribution in [3.63, 3.8) is 0 Å². The third-order valence-corrected chi connectivity index (χ3v) is 2.15. The fourth-order valence-corrected chi connectivity index (χ4v) is 1.43. The van der Waals surface area contributed by atoms with Crippen molar-refractivity contribution in [2.45, 2.75) is 19.4 Å². The van der Waals surface area contributed by atoms with Gasteiger partial charge in [-0.2, -0.15) is 0 Å². The van der Waals surface area contributed by atoms with Gasteiger partial charge in [0.25, 0.3) is 0 Å². The Morgan fingerprint density at radius 3 is 3.00 bits per heavy atom. The second-order valence-electron chi connectivity index (χ2n) is 3.85. The van der Waals surface area contributed by atoms with Crippen LogP contribution in [0.15, 0.2) is 35.8 Å². The third-order valence-electron chi connectivity index (χ3n) is 2.15. The number of nitrogens with zero attached hydrogens (tertiary/aromatic N) is 1. The molecule has 0 amide bonds. The number of hydrogen-bond acceptors (Lipinski definition) is 3. The standard InChI is InChI=1S/C12H19NO2/c1-10(14)5-4-6-11-7-12(15-3)9-13(2)8-11/h4,6-8,10,14H,5,9H2,1-3H3. The van der Waals surface area contributed by atoms with Gasteiger partial charge in [-0.05, 0) is 25.0 Å². The van der Waals surface area contributed by atoms with E-state index >= 15 is 0 Å². The molecule has 3 heteroatoms. The summed E-state index contributed by atoms with van der Waals surface area (Å²) in [7, 11) is 3.69. The van der Waals surface area contributed by atoms with Gasteiger partial charge in [0, 0.05) is 13.2 Å². The second kappa shape index (κ2) is 5.61. The predicted octanol–water partition coefficient (Wildman–Crippen LogP) is 1.67. The Bertz CT molecular complexity index is 290. The van der Waals surface area contributed by atoms with Crippen LogP contribution in [0.1, 0.15) is 13.3 Å². The largest absolute Gasteiger partial charge is 0.499 e. The highest BCUT2D eigenvalue weighted by Crippen LogP contribution is 2.14. The van der Waals surface area contributed by atoms with E-state index in [1.54, 1.807) is 14.0 Å². The summed E-state index contributed by atoms with van der Waals surface area (Å²) >= 11 is 0. The molecule has 1 unspecified atom stereocenters. The third kappa shape index (κ3) is 4.21. The van der Waals surface area contributed by atoms with E-state index in [-0.39, 0.29) is 6.10 Å². The smallest absolute Gasteiger partial charge is 0.115 e. The van der Waals surface area contributed by atoms with Crippen molar-refractivity contribution in [1.29, 1.82) is 0 Å². The highest BCUT2D eigenvalue weighted by molar-refractivity contribution is 5.34. The molecule has 0 saturated heterocycles. The van der Waals surface area contributed by atoms with Crippen LogP contribution in [-0.2, 0) is 4.74 Å². The van der Waals surface area contributed by atoms with Crippen molar-refractivity contribution >= 4 is 0 Å². The molecule has 0 saturated carbocycles. The van der Waals surface area contributed by atoms with E-state index < -0.39 is 0 Å². The minimum Gasteiger partial charge on any atom is -0.499 e. The lowest BCUT2D eigenvalue weighted by Gasteiger charge is -2.21. The van der Waals surface area contributed by atoms with Crippen molar-refractivity contribution in [1.82, 2.24) is 4.90 Å². The molecule has 0 spiro atoms.